The van der Waals surface area contributed by atoms with E-state index >= 15 is 0 Å². The van der Waals surface area contributed by atoms with E-state index in [-0.39, 0.29) is 11.3 Å². The van der Waals surface area contributed by atoms with Crippen LogP contribution in [0.5, 0.6) is 5.75 Å². The average Bonchev–Trinajstić information content (AvgIpc) is 2.36. The molecule has 4 nitrogen and oxygen atoms in total. The molecule has 0 bridgehead atoms. The third kappa shape index (κ3) is 3.70. The fourth-order valence-corrected chi connectivity index (χ4v) is 1.46. The number of amides is 1. The number of benzene rings is 1. The molecule has 0 aliphatic heterocycles. The molecule has 0 radical (unpaired) electrons. The Morgan fingerprint density at radius 1 is 1.42 bits per heavy atom. The summed E-state index contributed by atoms with van der Waals surface area (Å²) in [5.41, 5.74) is 0.681. The summed E-state index contributed by atoms with van der Waals surface area (Å²) >= 11 is 0. The summed E-state index contributed by atoms with van der Waals surface area (Å²) in [6, 6.07) is 3.42. The maximum absolute atomic E-state index is 12.1. The third-order valence-corrected chi connectivity index (χ3v) is 2.49. The minimum absolute atomic E-state index is 0.237. The number of alkyl halides is 3. The number of hydrogen-bond donors (Lipinski definition) is 1. The molecule has 0 aromatic heterocycles. The lowest BCUT2D eigenvalue weighted by Gasteiger charge is -2.16. The SMILES string of the molecule is COc1cc([C@H](C)NC(=O)C(F)(F)F)ccc1C=O. The monoisotopic (exact) mass is 275 g/mol. The van der Waals surface area contributed by atoms with E-state index in [4.69, 9.17) is 4.74 Å². The lowest BCUT2D eigenvalue weighted by molar-refractivity contribution is -0.174. The van der Waals surface area contributed by atoms with Gasteiger partial charge in [-0.2, -0.15) is 13.2 Å². The minimum atomic E-state index is -4.93. The van der Waals surface area contributed by atoms with Gasteiger partial charge in [-0.05, 0) is 24.6 Å². The van der Waals surface area contributed by atoms with Crippen LogP contribution in [0.25, 0.3) is 0 Å². The Kier molecular flexibility index (Phi) is 4.52. The zero-order valence-electron chi connectivity index (χ0n) is 10.2. The molecule has 1 aromatic carbocycles. The Labute approximate surface area is 107 Å². The highest BCUT2D eigenvalue weighted by atomic mass is 19.4. The Morgan fingerprint density at radius 3 is 2.53 bits per heavy atom. The van der Waals surface area contributed by atoms with E-state index in [2.05, 4.69) is 0 Å². The van der Waals surface area contributed by atoms with Gasteiger partial charge in [0.15, 0.2) is 6.29 Å². The summed E-state index contributed by atoms with van der Waals surface area (Å²) in [4.78, 5) is 21.5. The molecule has 0 saturated heterocycles. The van der Waals surface area contributed by atoms with Gasteiger partial charge in [-0.25, -0.2) is 0 Å². The number of carbonyl (C=O) groups excluding carboxylic acids is 2. The van der Waals surface area contributed by atoms with Gasteiger partial charge in [0.2, 0.25) is 0 Å². The van der Waals surface area contributed by atoms with Crippen molar-refractivity contribution in [1.29, 1.82) is 0 Å². The normalized spacial score (nSPS) is 12.7. The second kappa shape index (κ2) is 5.73. The van der Waals surface area contributed by atoms with Crippen LogP contribution in [0, 0.1) is 0 Å². The highest BCUT2D eigenvalue weighted by Crippen LogP contribution is 2.24. The Bertz CT molecular complexity index is 486. The van der Waals surface area contributed by atoms with Crippen molar-refractivity contribution in [3.8, 4) is 5.75 Å². The highest BCUT2D eigenvalue weighted by molar-refractivity contribution is 5.82. The molecule has 0 heterocycles. The van der Waals surface area contributed by atoms with Crippen molar-refractivity contribution >= 4 is 12.2 Å². The van der Waals surface area contributed by atoms with Crippen LogP contribution in [-0.4, -0.2) is 25.5 Å². The predicted octanol–water partition coefficient (Wildman–Crippen LogP) is 2.25. The number of rotatable bonds is 4. The van der Waals surface area contributed by atoms with Crippen LogP contribution in [0.2, 0.25) is 0 Å². The van der Waals surface area contributed by atoms with Gasteiger partial charge in [0.05, 0.1) is 18.7 Å². The molecule has 0 saturated carbocycles. The zero-order valence-corrected chi connectivity index (χ0v) is 10.2. The van der Waals surface area contributed by atoms with Crippen LogP contribution in [-0.2, 0) is 4.79 Å². The number of nitrogens with one attached hydrogen (secondary N) is 1. The first kappa shape index (κ1) is 15.0. The van der Waals surface area contributed by atoms with E-state index in [1.165, 1.54) is 32.2 Å². The van der Waals surface area contributed by atoms with E-state index in [9.17, 15) is 22.8 Å². The van der Waals surface area contributed by atoms with E-state index in [1.807, 2.05) is 5.32 Å². The predicted molar refractivity (Wildman–Crippen MR) is 61.0 cm³/mol. The van der Waals surface area contributed by atoms with Gasteiger partial charge >= 0.3 is 12.1 Å². The van der Waals surface area contributed by atoms with Gasteiger partial charge < -0.3 is 10.1 Å². The molecule has 1 aromatic rings. The number of halogens is 3. The summed E-state index contributed by atoms with van der Waals surface area (Å²) in [5, 5.41) is 1.82. The number of carbonyl (C=O) groups is 2. The molecule has 1 N–H and O–H groups in total. The van der Waals surface area contributed by atoms with Gasteiger partial charge in [0, 0.05) is 0 Å². The molecule has 1 atom stereocenters. The number of hydrogen-bond acceptors (Lipinski definition) is 3. The van der Waals surface area contributed by atoms with Crippen LogP contribution in [0.3, 0.4) is 0 Å². The van der Waals surface area contributed by atoms with Gasteiger partial charge in [-0.1, -0.05) is 6.07 Å². The molecular weight excluding hydrogens is 263 g/mol. The fraction of sp³-hybridized carbons (Fsp3) is 0.333. The Balaban J connectivity index is 2.92. The Hall–Kier alpha value is -2.05. The van der Waals surface area contributed by atoms with Crippen LogP contribution in [0.1, 0.15) is 28.9 Å². The number of ether oxygens (including phenoxy) is 1. The molecular formula is C12H12F3NO3. The van der Waals surface area contributed by atoms with Crippen molar-refractivity contribution in [2.24, 2.45) is 0 Å². The summed E-state index contributed by atoms with van der Waals surface area (Å²) in [5.74, 6) is -1.78. The van der Waals surface area contributed by atoms with Crippen LogP contribution in [0.15, 0.2) is 18.2 Å². The maximum Gasteiger partial charge on any atom is 0.471 e. The molecule has 0 spiro atoms. The molecule has 104 valence electrons. The second-order valence-electron chi connectivity index (χ2n) is 3.81. The number of methoxy groups -OCH3 is 1. The van der Waals surface area contributed by atoms with Gasteiger partial charge in [-0.15, -0.1) is 0 Å². The summed E-state index contributed by atoms with van der Waals surface area (Å²) in [7, 11) is 1.34. The van der Waals surface area contributed by atoms with Crippen molar-refractivity contribution in [2.45, 2.75) is 19.1 Å². The van der Waals surface area contributed by atoms with E-state index in [0.717, 1.165) is 0 Å². The molecule has 0 fully saturated rings. The third-order valence-electron chi connectivity index (χ3n) is 2.49. The van der Waals surface area contributed by atoms with E-state index < -0.39 is 18.1 Å². The van der Waals surface area contributed by atoms with E-state index in [1.54, 1.807) is 0 Å². The molecule has 7 heteroatoms. The largest absolute Gasteiger partial charge is 0.496 e. The van der Waals surface area contributed by atoms with Crippen molar-refractivity contribution in [3.05, 3.63) is 29.3 Å². The smallest absolute Gasteiger partial charge is 0.471 e. The fourth-order valence-electron chi connectivity index (χ4n) is 1.46. The first-order valence-electron chi connectivity index (χ1n) is 5.30. The van der Waals surface area contributed by atoms with Gasteiger partial charge in [0.25, 0.3) is 0 Å². The van der Waals surface area contributed by atoms with Crippen molar-refractivity contribution in [2.75, 3.05) is 7.11 Å². The van der Waals surface area contributed by atoms with Crippen molar-refractivity contribution in [3.63, 3.8) is 0 Å². The Morgan fingerprint density at radius 2 is 2.05 bits per heavy atom. The lowest BCUT2D eigenvalue weighted by atomic mass is 10.1. The molecule has 1 rings (SSSR count). The quantitative estimate of drug-likeness (QED) is 0.857. The van der Waals surface area contributed by atoms with Crippen molar-refractivity contribution < 1.29 is 27.5 Å². The molecule has 19 heavy (non-hydrogen) atoms. The average molecular weight is 275 g/mol. The molecule has 0 aliphatic carbocycles. The summed E-state index contributed by atoms with van der Waals surface area (Å²) in [6.45, 7) is 1.40. The standard InChI is InChI=1S/C12H12F3NO3/c1-7(16-11(18)12(13,14)15)8-3-4-9(6-17)10(5-8)19-2/h3-7H,1-2H3,(H,16,18)/t7-/m0/s1. The van der Waals surface area contributed by atoms with Gasteiger partial charge in [0.1, 0.15) is 5.75 Å². The second-order valence-corrected chi connectivity index (χ2v) is 3.81. The minimum Gasteiger partial charge on any atom is -0.496 e. The number of aldehydes is 1. The van der Waals surface area contributed by atoms with Crippen LogP contribution >= 0.6 is 0 Å². The van der Waals surface area contributed by atoms with Crippen LogP contribution < -0.4 is 10.1 Å². The topological polar surface area (TPSA) is 55.4 Å². The summed E-state index contributed by atoms with van der Waals surface area (Å²) < 4.78 is 41.3. The lowest BCUT2D eigenvalue weighted by Crippen LogP contribution is -2.38. The van der Waals surface area contributed by atoms with Crippen LogP contribution in [0.4, 0.5) is 13.2 Å². The zero-order chi connectivity index (χ0) is 14.6. The molecule has 0 aliphatic rings. The highest BCUT2D eigenvalue weighted by Gasteiger charge is 2.39. The van der Waals surface area contributed by atoms with Crippen molar-refractivity contribution in [1.82, 2.24) is 5.32 Å². The first-order valence-corrected chi connectivity index (χ1v) is 5.30. The molecule has 1 amide bonds. The van der Waals surface area contributed by atoms with E-state index in [0.29, 0.717) is 11.8 Å². The molecule has 0 unspecified atom stereocenters. The first-order chi connectivity index (χ1) is 8.79. The summed E-state index contributed by atoms with van der Waals surface area (Å²) in [6.07, 6.45) is -4.36. The van der Waals surface area contributed by atoms with Gasteiger partial charge in [-0.3, -0.25) is 9.59 Å². The maximum atomic E-state index is 12.1.